The van der Waals surface area contributed by atoms with E-state index in [1.54, 1.807) is 6.08 Å². The van der Waals surface area contributed by atoms with Crippen LogP contribution in [0.3, 0.4) is 0 Å². The minimum Gasteiger partial charge on any atom is -0.361 e. The number of amides is 3. The van der Waals surface area contributed by atoms with Crippen molar-refractivity contribution in [1.29, 1.82) is 0 Å². The maximum atomic E-state index is 12.5. The fourth-order valence-electron chi connectivity index (χ4n) is 2.85. The molecule has 1 fully saturated rings. The Bertz CT molecular complexity index is 957. The lowest BCUT2D eigenvalue weighted by Gasteiger charge is -2.11. The molecule has 1 aliphatic heterocycles. The number of hydrogen-bond donors (Lipinski definition) is 2. The zero-order chi connectivity index (χ0) is 16.5. The Labute approximate surface area is 138 Å². The highest BCUT2D eigenvalue weighted by molar-refractivity contribution is 6.14. The van der Waals surface area contributed by atoms with Crippen molar-refractivity contribution in [3.05, 3.63) is 77.6 Å². The van der Waals surface area contributed by atoms with Crippen LogP contribution in [0.25, 0.3) is 17.0 Å². The van der Waals surface area contributed by atoms with Gasteiger partial charge in [-0.05, 0) is 17.7 Å². The van der Waals surface area contributed by atoms with Gasteiger partial charge in [-0.3, -0.25) is 9.69 Å². The molecule has 4 rings (SSSR count). The number of hydrogen-bond acceptors (Lipinski definition) is 2. The maximum Gasteiger partial charge on any atom is 0.329 e. The number of imide groups is 1. The van der Waals surface area contributed by atoms with Gasteiger partial charge in [0.05, 0.1) is 6.54 Å². The summed E-state index contributed by atoms with van der Waals surface area (Å²) in [5, 5.41) is 3.67. The van der Waals surface area contributed by atoms with Crippen molar-refractivity contribution in [3.63, 3.8) is 0 Å². The molecule has 0 bridgehead atoms. The first-order valence-electron chi connectivity index (χ1n) is 7.67. The normalized spacial score (nSPS) is 16.2. The number of rotatable bonds is 3. The van der Waals surface area contributed by atoms with Crippen molar-refractivity contribution >= 4 is 28.9 Å². The molecule has 2 N–H and O–H groups in total. The molecule has 2 heterocycles. The summed E-state index contributed by atoms with van der Waals surface area (Å²) in [5.41, 5.74) is 3.06. The molecule has 3 amide bonds. The van der Waals surface area contributed by atoms with E-state index in [1.807, 2.05) is 60.8 Å². The molecule has 24 heavy (non-hydrogen) atoms. The second kappa shape index (κ2) is 5.70. The third-order valence-electron chi connectivity index (χ3n) is 4.07. The number of aromatic nitrogens is 1. The van der Waals surface area contributed by atoms with Crippen molar-refractivity contribution in [2.75, 3.05) is 0 Å². The van der Waals surface area contributed by atoms with E-state index in [9.17, 15) is 9.59 Å². The Hall–Kier alpha value is -3.34. The van der Waals surface area contributed by atoms with Gasteiger partial charge < -0.3 is 10.3 Å². The van der Waals surface area contributed by atoms with Crippen LogP contribution in [0.15, 0.2) is 66.5 Å². The predicted molar refractivity (Wildman–Crippen MR) is 91.8 cm³/mol. The van der Waals surface area contributed by atoms with Gasteiger partial charge in [0, 0.05) is 22.7 Å². The number of para-hydroxylation sites is 1. The lowest BCUT2D eigenvalue weighted by atomic mass is 10.1. The van der Waals surface area contributed by atoms with Gasteiger partial charge in [0.15, 0.2) is 0 Å². The minimum absolute atomic E-state index is 0.261. The van der Waals surface area contributed by atoms with E-state index < -0.39 is 6.03 Å². The van der Waals surface area contributed by atoms with Gasteiger partial charge in [0.2, 0.25) is 0 Å². The topological polar surface area (TPSA) is 65.2 Å². The molecule has 3 aromatic rings. The molecular weight excluding hydrogens is 302 g/mol. The van der Waals surface area contributed by atoms with Crippen LogP contribution in [0.4, 0.5) is 4.79 Å². The van der Waals surface area contributed by atoms with Gasteiger partial charge in [0.1, 0.15) is 5.70 Å². The van der Waals surface area contributed by atoms with Crippen LogP contribution in [0.5, 0.6) is 0 Å². The van der Waals surface area contributed by atoms with Crippen LogP contribution in [-0.2, 0) is 11.3 Å². The summed E-state index contributed by atoms with van der Waals surface area (Å²) in [4.78, 5) is 29.1. The monoisotopic (exact) mass is 317 g/mol. The van der Waals surface area contributed by atoms with E-state index in [-0.39, 0.29) is 12.5 Å². The maximum absolute atomic E-state index is 12.5. The molecule has 5 heteroatoms. The average molecular weight is 317 g/mol. The standard InChI is InChI=1S/C19H15N3O2/c23-18-17(10-14-11-20-16-9-5-4-8-15(14)16)21-19(24)22(18)12-13-6-2-1-3-7-13/h1-11,20H,12H2,(H,21,24)/b17-10-. The number of fused-ring (bicyclic) bond motifs is 1. The van der Waals surface area contributed by atoms with Crippen molar-refractivity contribution in [2.24, 2.45) is 0 Å². The van der Waals surface area contributed by atoms with Gasteiger partial charge in [-0.1, -0.05) is 48.5 Å². The molecule has 1 aliphatic rings. The summed E-state index contributed by atoms with van der Waals surface area (Å²) in [7, 11) is 0. The number of benzene rings is 2. The van der Waals surface area contributed by atoms with Gasteiger partial charge in [-0.15, -0.1) is 0 Å². The Morgan fingerprint density at radius 3 is 2.54 bits per heavy atom. The largest absolute Gasteiger partial charge is 0.361 e. The number of nitrogens with zero attached hydrogens (tertiary/aromatic N) is 1. The fourth-order valence-corrected chi connectivity index (χ4v) is 2.85. The van der Waals surface area contributed by atoms with Crippen LogP contribution in [0, 0.1) is 0 Å². The second-order valence-electron chi connectivity index (χ2n) is 5.65. The molecule has 5 nitrogen and oxygen atoms in total. The summed E-state index contributed by atoms with van der Waals surface area (Å²) in [5.74, 6) is -0.311. The Morgan fingerprint density at radius 1 is 0.958 bits per heavy atom. The average Bonchev–Trinajstić information content (AvgIpc) is 3.13. The van der Waals surface area contributed by atoms with Crippen molar-refractivity contribution < 1.29 is 9.59 Å². The summed E-state index contributed by atoms with van der Waals surface area (Å²) >= 11 is 0. The van der Waals surface area contributed by atoms with E-state index in [4.69, 9.17) is 0 Å². The Balaban J connectivity index is 1.63. The van der Waals surface area contributed by atoms with Crippen LogP contribution in [0.2, 0.25) is 0 Å². The molecule has 1 saturated heterocycles. The van der Waals surface area contributed by atoms with E-state index >= 15 is 0 Å². The van der Waals surface area contributed by atoms with Crippen molar-refractivity contribution in [1.82, 2.24) is 15.2 Å². The van der Waals surface area contributed by atoms with Crippen molar-refractivity contribution in [2.45, 2.75) is 6.54 Å². The third-order valence-corrected chi connectivity index (χ3v) is 4.07. The zero-order valence-corrected chi connectivity index (χ0v) is 12.8. The number of nitrogens with one attached hydrogen (secondary N) is 2. The third kappa shape index (κ3) is 2.46. The predicted octanol–water partition coefficient (Wildman–Crippen LogP) is 3.26. The molecule has 118 valence electrons. The summed E-state index contributed by atoms with van der Waals surface area (Å²) < 4.78 is 0. The first-order valence-corrected chi connectivity index (χ1v) is 7.67. The molecule has 0 spiro atoms. The minimum atomic E-state index is -0.394. The number of aromatic amines is 1. The Kier molecular flexibility index (Phi) is 3.39. The number of carbonyl (C=O) groups is 2. The highest BCUT2D eigenvalue weighted by atomic mass is 16.2. The second-order valence-corrected chi connectivity index (χ2v) is 5.65. The van der Waals surface area contributed by atoms with Gasteiger partial charge in [-0.2, -0.15) is 0 Å². The molecule has 0 saturated carbocycles. The number of H-pyrrole nitrogens is 1. The smallest absolute Gasteiger partial charge is 0.329 e. The number of carbonyl (C=O) groups excluding carboxylic acids is 2. The highest BCUT2D eigenvalue weighted by Gasteiger charge is 2.33. The molecule has 0 radical (unpaired) electrons. The lowest BCUT2D eigenvalue weighted by Crippen LogP contribution is -2.30. The Morgan fingerprint density at radius 2 is 1.71 bits per heavy atom. The summed E-state index contributed by atoms with van der Waals surface area (Å²) in [6.07, 6.45) is 3.54. The van der Waals surface area contributed by atoms with E-state index in [0.29, 0.717) is 5.70 Å². The fraction of sp³-hybridized carbons (Fsp3) is 0.0526. The van der Waals surface area contributed by atoms with Crippen LogP contribution >= 0.6 is 0 Å². The number of urea groups is 1. The molecule has 0 unspecified atom stereocenters. The van der Waals surface area contributed by atoms with Crippen molar-refractivity contribution in [3.8, 4) is 0 Å². The summed E-state index contributed by atoms with van der Waals surface area (Å²) in [6, 6.07) is 16.9. The molecule has 0 aliphatic carbocycles. The van der Waals surface area contributed by atoms with Gasteiger partial charge >= 0.3 is 6.03 Å². The van der Waals surface area contributed by atoms with Crippen LogP contribution in [0.1, 0.15) is 11.1 Å². The van der Waals surface area contributed by atoms with Gasteiger partial charge in [0.25, 0.3) is 5.91 Å². The van der Waals surface area contributed by atoms with Crippen LogP contribution in [-0.4, -0.2) is 21.8 Å². The summed E-state index contributed by atoms with van der Waals surface area (Å²) in [6.45, 7) is 0.261. The molecule has 1 aromatic heterocycles. The molecule has 2 aromatic carbocycles. The van der Waals surface area contributed by atoms with Crippen LogP contribution < -0.4 is 5.32 Å². The molecular formula is C19H15N3O2. The zero-order valence-electron chi connectivity index (χ0n) is 12.8. The quantitative estimate of drug-likeness (QED) is 0.575. The van der Waals surface area contributed by atoms with E-state index in [2.05, 4.69) is 10.3 Å². The SMILES string of the molecule is O=C1N/C(=C\c2c[nH]c3ccccc23)C(=O)N1Cc1ccccc1. The van der Waals surface area contributed by atoms with E-state index in [1.165, 1.54) is 4.90 Å². The van der Waals surface area contributed by atoms with Gasteiger partial charge in [-0.25, -0.2) is 4.79 Å². The lowest BCUT2D eigenvalue weighted by molar-refractivity contribution is -0.123. The first-order chi connectivity index (χ1) is 11.7. The molecule has 0 atom stereocenters. The first kappa shape index (κ1) is 14.3. The highest BCUT2D eigenvalue weighted by Crippen LogP contribution is 2.22. The van der Waals surface area contributed by atoms with E-state index in [0.717, 1.165) is 22.0 Å².